The molecule has 106 valence electrons. The van der Waals surface area contributed by atoms with Crippen LogP contribution < -0.4 is 14.8 Å². The summed E-state index contributed by atoms with van der Waals surface area (Å²) in [6, 6.07) is 9.88. The third-order valence-corrected chi connectivity index (χ3v) is 4.00. The molecule has 0 unspecified atom stereocenters. The van der Waals surface area contributed by atoms with Gasteiger partial charge in [0.1, 0.15) is 16.5 Å². The minimum absolute atomic E-state index is 0.0856. The highest BCUT2D eigenvalue weighted by Crippen LogP contribution is 2.26. The SMILES string of the molecule is CNc1ccc(S(=O)(=O)Nc2ccccc2OC)cn1. The zero-order valence-corrected chi connectivity index (χ0v) is 11.9. The molecule has 0 amide bonds. The molecule has 7 heteroatoms. The third-order valence-electron chi connectivity index (χ3n) is 2.65. The Kier molecular flexibility index (Phi) is 4.09. The Morgan fingerprint density at radius 1 is 1.15 bits per heavy atom. The van der Waals surface area contributed by atoms with E-state index >= 15 is 0 Å². The van der Waals surface area contributed by atoms with Crippen molar-refractivity contribution in [2.75, 3.05) is 24.2 Å². The summed E-state index contributed by atoms with van der Waals surface area (Å²) in [5, 5.41) is 2.83. The maximum absolute atomic E-state index is 12.2. The monoisotopic (exact) mass is 293 g/mol. The molecular formula is C13H15N3O3S. The first-order valence-electron chi connectivity index (χ1n) is 5.86. The number of aromatic nitrogens is 1. The molecule has 1 aromatic heterocycles. The molecule has 0 aliphatic heterocycles. The molecule has 0 atom stereocenters. The lowest BCUT2D eigenvalue weighted by Gasteiger charge is -2.11. The van der Waals surface area contributed by atoms with E-state index in [1.54, 1.807) is 37.4 Å². The normalized spacial score (nSPS) is 10.9. The zero-order valence-electron chi connectivity index (χ0n) is 11.1. The van der Waals surface area contributed by atoms with Gasteiger partial charge in [-0.25, -0.2) is 13.4 Å². The summed E-state index contributed by atoms with van der Waals surface area (Å²) in [6.07, 6.45) is 1.30. The minimum atomic E-state index is -3.69. The van der Waals surface area contributed by atoms with Crippen molar-refractivity contribution in [1.29, 1.82) is 0 Å². The average Bonchev–Trinajstić information content (AvgIpc) is 2.47. The van der Waals surface area contributed by atoms with Crippen LogP contribution in [0.1, 0.15) is 0 Å². The Morgan fingerprint density at radius 2 is 1.90 bits per heavy atom. The number of pyridine rings is 1. The molecule has 0 saturated heterocycles. The van der Waals surface area contributed by atoms with E-state index in [9.17, 15) is 8.42 Å². The van der Waals surface area contributed by atoms with E-state index < -0.39 is 10.0 Å². The van der Waals surface area contributed by atoms with Gasteiger partial charge in [-0.15, -0.1) is 0 Å². The molecule has 0 aliphatic carbocycles. The Hall–Kier alpha value is -2.28. The first-order valence-corrected chi connectivity index (χ1v) is 7.35. The lowest BCUT2D eigenvalue weighted by atomic mass is 10.3. The number of para-hydroxylation sites is 2. The first-order chi connectivity index (χ1) is 9.56. The van der Waals surface area contributed by atoms with Crippen molar-refractivity contribution in [2.24, 2.45) is 0 Å². The molecule has 0 bridgehead atoms. The van der Waals surface area contributed by atoms with E-state index in [-0.39, 0.29) is 4.90 Å². The van der Waals surface area contributed by atoms with Crippen LogP contribution in [-0.2, 0) is 10.0 Å². The minimum Gasteiger partial charge on any atom is -0.495 e. The van der Waals surface area contributed by atoms with E-state index in [2.05, 4.69) is 15.0 Å². The summed E-state index contributed by atoms with van der Waals surface area (Å²) >= 11 is 0. The quantitative estimate of drug-likeness (QED) is 0.880. The lowest BCUT2D eigenvalue weighted by molar-refractivity contribution is 0.417. The number of hydrogen-bond donors (Lipinski definition) is 2. The number of sulfonamides is 1. The second kappa shape index (κ2) is 5.79. The van der Waals surface area contributed by atoms with Crippen LogP contribution in [0.4, 0.5) is 11.5 Å². The van der Waals surface area contributed by atoms with Crippen LogP contribution in [0.25, 0.3) is 0 Å². The van der Waals surface area contributed by atoms with Gasteiger partial charge in [0.15, 0.2) is 0 Å². The van der Waals surface area contributed by atoms with Crippen molar-refractivity contribution in [1.82, 2.24) is 4.98 Å². The number of ether oxygens (including phenoxy) is 1. The summed E-state index contributed by atoms with van der Waals surface area (Å²) in [5.41, 5.74) is 0.382. The van der Waals surface area contributed by atoms with Gasteiger partial charge in [0.05, 0.1) is 12.8 Å². The Morgan fingerprint density at radius 3 is 2.50 bits per heavy atom. The molecule has 1 heterocycles. The van der Waals surface area contributed by atoms with Crippen LogP contribution in [0.15, 0.2) is 47.5 Å². The van der Waals surface area contributed by atoms with Crippen molar-refractivity contribution in [3.05, 3.63) is 42.6 Å². The number of nitrogens with one attached hydrogen (secondary N) is 2. The molecule has 0 spiro atoms. The van der Waals surface area contributed by atoms with Crippen molar-refractivity contribution in [3.63, 3.8) is 0 Å². The number of anilines is 2. The highest BCUT2D eigenvalue weighted by Gasteiger charge is 2.16. The van der Waals surface area contributed by atoms with E-state index in [0.29, 0.717) is 17.3 Å². The van der Waals surface area contributed by atoms with E-state index in [1.165, 1.54) is 19.4 Å². The smallest absolute Gasteiger partial charge is 0.263 e. The topological polar surface area (TPSA) is 80.3 Å². The summed E-state index contributed by atoms with van der Waals surface area (Å²) < 4.78 is 32.1. The van der Waals surface area contributed by atoms with E-state index in [1.807, 2.05) is 0 Å². The van der Waals surface area contributed by atoms with Crippen LogP contribution >= 0.6 is 0 Å². The van der Waals surface area contributed by atoms with Gasteiger partial charge in [-0.1, -0.05) is 12.1 Å². The molecule has 20 heavy (non-hydrogen) atoms. The first kappa shape index (κ1) is 14.1. The van der Waals surface area contributed by atoms with Crippen molar-refractivity contribution < 1.29 is 13.2 Å². The zero-order chi connectivity index (χ0) is 14.6. The van der Waals surface area contributed by atoms with Crippen LogP contribution in [0.5, 0.6) is 5.75 Å². The standard InChI is InChI=1S/C13H15N3O3S/c1-14-13-8-7-10(9-15-13)20(17,18)16-11-5-3-4-6-12(11)19-2/h3-9,16H,1-2H3,(H,14,15). The molecule has 2 rings (SSSR count). The number of rotatable bonds is 5. The molecule has 2 N–H and O–H groups in total. The van der Waals surface area contributed by atoms with Crippen LogP contribution in [-0.4, -0.2) is 27.6 Å². The number of benzene rings is 1. The number of methoxy groups -OCH3 is 1. The fraction of sp³-hybridized carbons (Fsp3) is 0.154. The van der Waals surface area contributed by atoms with Crippen LogP contribution in [0.2, 0.25) is 0 Å². The lowest BCUT2D eigenvalue weighted by Crippen LogP contribution is -2.14. The van der Waals surface area contributed by atoms with Gasteiger partial charge in [-0.2, -0.15) is 0 Å². The van der Waals surface area contributed by atoms with Gasteiger partial charge in [0, 0.05) is 13.2 Å². The molecule has 2 aromatic rings. The highest BCUT2D eigenvalue weighted by atomic mass is 32.2. The summed E-state index contributed by atoms with van der Waals surface area (Å²) in [4.78, 5) is 4.07. The van der Waals surface area contributed by atoms with Gasteiger partial charge in [-0.3, -0.25) is 4.72 Å². The summed E-state index contributed by atoms with van der Waals surface area (Å²) in [5.74, 6) is 1.05. The fourth-order valence-corrected chi connectivity index (χ4v) is 2.63. The number of hydrogen-bond acceptors (Lipinski definition) is 5. The predicted molar refractivity (Wildman–Crippen MR) is 77.6 cm³/mol. The second-order valence-corrected chi connectivity index (χ2v) is 5.62. The molecule has 0 fully saturated rings. The predicted octanol–water partition coefficient (Wildman–Crippen LogP) is 1.93. The van der Waals surface area contributed by atoms with Crippen LogP contribution in [0.3, 0.4) is 0 Å². The van der Waals surface area contributed by atoms with Gasteiger partial charge in [-0.05, 0) is 24.3 Å². The molecule has 0 aliphatic rings. The second-order valence-electron chi connectivity index (χ2n) is 3.93. The van der Waals surface area contributed by atoms with Gasteiger partial charge in [0.2, 0.25) is 0 Å². The fourth-order valence-electron chi connectivity index (χ4n) is 1.62. The van der Waals surface area contributed by atoms with Crippen molar-refractivity contribution >= 4 is 21.5 Å². The van der Waals surface area contributed by atoms with E-state index in [4.69, 9.17) is 4.74 Å². The van der Waals surface area contributed by atoms with Gasteiger partial charge in [0.25, 0.3) is 10.0 Å². The summed E-state index contributed by atoms with van der Waals surface area (Å²) in [6.45, 7) is 0. The molecule has 0 saturated carbocycles. The largest absolute Gasteiger partial charge is 0.495 e. The van der Waals surface area contributed by atoms with Crippen molar-refractivity contribution in [3.8, 4) is 5.75 Å². The van der Waals surface area contributed by atoms with E-state index in [0.717, 1.165) is 0 Å². The van der Waals surface area contributed by atoms with Crippen molar-refractivity contribution in [2.45, 2.75) is 4.90 Å². The molecule has 0 radical (unpaired) electrons. The Labute approximate surface area is 117 Å². The maximum atomic E-state index is 12.2. The van der Waals surface area contributed by atoms with Gasteiger partial charge < -0.3 is 10.1 Å². The number of nitrogens with zero attached hydrogens (tertiary/aromatic N) is 1. The Balaban J connectivity index is 2.30. The third kappa shape index (κ3) is 3.00. The molecular weight excluding hydrogens is 278 g/mol. The highest BCUT2D eigenvalue weighted by molar-refractivity contribution is 7.92. The maximum Gasteiger partial charge on any atom is 0.263 e. The Bertz CT molecular complexity index is 684. The molecule has 6 nitrogen and oxygen atoms in total. The summed E-state index contributed by atoms with van der Waals surface area (Å²) in [7, 11) is -0.497. The molecule has 1 aromatic carbocycles. The average molecular weight is 293 g/mol. The van der Waals surface area contributed by atoms with Gasteiger partial charge >= 0.3 is 0 Å². The van der Waals surface area contributed by atoms with Crippen LogP contribution in [0, 0.1) is 0 Å².